The van der Waals surface area contributed by atoms with Crippen molar-refractivity contribution >= 4 is 34.8 Å². The highest BCUT2D eigenvalue weighted by molar-refractivity contribution is 7.14. The van der Waals surface area contributed by atoms with E-state index in [0.29, 0.717) is 16.5 Å². The van der Waals surface area contributed by atoms with E-state index < -0.39 is 0 Å². The number of nitrogens with one attached hydrogen (secondary N) is 1. The minimum atomic E-state index is -0.257. The van der Waals surface area contributed by atoms with E-state index in [-0.39, 0.29) is 30.3 Å². The molecule has 0 saturated heterocycles. The number of hydrogen-bond donors (Lipinski definition) is 2. The number of amides is 1. The third kappa shape index (κ3) is 4.52. The van der Waals surface area contributed by atoms with Gasteiger partial charge in [0.25, 0.3) is 5.91 Å². The van der Waals surface area contributed by atoms with Gasteiger partial charge in [-0.2, -0.15) is 0 Å². The first-order valence-corrected chi connectivity index (χ1v) is 8.90. The van der Waals surface area contributed by atoms with Crippen LogP contribution in [-0.2, 0) is 12.0 Å². The van der Waals surface area contributed by atoms with E-state index in [0.717, 1.165) is 11.3 Å². The summed E-state index contributed by atoms with van der Waals surface area (Å²) in [5, 5.41) is 5.27. The van der Waals surface area contributed by atoms with Gasteiger partial charge in [-0.15, -0.1) is 23.7 Å². The number of carbonyl (C=O) groups excluding carboxylic acids is 1. The van der Waals surface area contributed by atoms with Gasteiger partial charge in [0.1, 0.15) is 12.0 Å². The predicted octanol–water partition coefficient (Wildman–Crippen LogP) is 4.83. The Bertz CT molecular complexity index is 879. The van der Waals surface area contributed by atoms with Crippen molar-refractivity contribution in [1.82, 2.24) is 4.98 Å². The van der Waals surface area contributed by atoms with E-state index in [2.05, 4.69) is 55.3 Å². The number of nitrogens with two attached hydrogens (primary N) is 1. The molecule has 2 heterocycles. The molecule has 138 valence electrons. The van der Waals surface area contributed by atoms with Gasteiger partial charge in [-0.3, -0.25) is 10.1 Å². The monoisotopic (exact) mass is 391 g/mol. The Balaban J connectivity index is 0.00000243. The van der Waals surface area contributed by atoms with Gasteiger partial charge < -0.3 is 10.2 Å². The van der Waals surface area contributed by atoms with Crippen LogP contribution in [0.15, 0.2) is 46.4 Å². The predicted molar refractivity (Wildman–Crippen MR) is 108 cm³/mol. The number of hydrogen-bond acceptors (Lipinski definition) is 5. The number of carbonyl (C=O) groups is 1. The van der Waals surface area contributed by atoms with Crippen molar-refractivity contribution in [2.24, 2.45) is 5.73 Å². The quantitative estimate of drug-likeness (QED) is 0.667. The third-order valence-corrected chi connectivity index (χ3v) is 4.65. The summed E-state index contributed by atoms with van der Waals surface area (Å²) in [6.07, 6.45) is 1.40. The van der Waals surface area contributed by atoms with Crippen LogP contribution in [0.5, 0.6) is 0 Å². The summed E-state index contributed by atoms with van der Waals surface area (Å²) >= 11 is 1.39. The molecule has 0 radical (unpaired) electrons. The molecule has 26 heavy (non-hydrogen) atoms. The van der Waals surface area contributed by atoms with Crippen LogP contribution in [0.4, 0.5) is 5.13 Å². The van der Waals surface area contributed by atoms with E-state index in [9.17, 15) is 4.79 Å². The molecule has 0 unspecified atom stereocenters. The summed E-state index contributed by atoms with van der Waals surface area (Å²) < 4.78 is 5.18. The zero-order valence-corrected chi connectivity index (χ0v) is 16.5. The lowest BCUT2D eigenvalue weighted by Crippen LogP contribution is -2.11. The lowest BCUT2D eigenvalue weighted by Gasteiger charge is -2.18. The van der Waals surface area contributed by atoms with Crippen molar-refractivity contribution in [3.63, 3.8) is 0 Å². The Morgan fingerprint density at radius 2 is 1.96 bits per heavy atom. The van der Waals surface area contributed by atoms with Gasteiger partial charge in [-0.1, -0.05) is 45.0 Å². The van der Waals surface area contributed by atoms with Crippen molar-refractivity contribution in [2.75, 3.05) is 5.32 Å². The molecular formula is C19H22ClN3O2S. The SMILES string of the molecule is CC(C)(C)c1ccc(-c2csc(NC(=O)c3coc(CN)c3)n2)cc1.Cl. The molecule has 0 aliphatic carbocycles. The molecule has 2 aromatic heterocycles. The minimum absolute atomic E-state index is 0. The topological polar surface area (TPSA) is 81.2 Å². The average molecular weight is 392 g/mol. The normalized spacial score (nSPS) is 11.1. The van der Waals surface area contributed by atoms with Crippen molar-refractivity contribution in [1.29, 1.82) is 0 Å². The molecule has 1 aromatic carbocycles. The Morgan fingerprint density at radius 3 is 2.54 bits per heavy atom. The number of aromatic nitrogens is 1. The van der Waals surface area contributed by atoms with Crippen molar-refractivity contribution < 1.29 is 9.21 Å². The van der Waals surface area contributed by atoms with Gasteiger partial charge >= 0.3 is 0 Å². The summed E-state index contributed by atoms with van der Waals surface area (Å²) in [6, 6.07) is 9.99. The van der Waals surface area contributed by atoms with Gasteiger partial charge in [-0.05, 0) is 17.0 Å². The summed E-state index contributed by atoms with van der Waals surface area (Å²) in [5.74, 6) is 0.316. The van der Waals surface area contributed by atoms with Gasteiger partial charge in [0.15, 0.2) is 5.13 Å². The number of furan rings is 1. The third-order valence-electron chi connectivity index (χ3n) is 3.89. The Hall–Kier alpha value is -2.15. The van der Waals surface area contributed by atoms with Crippen LogP contribution in [0.25, 0.3) is 11.3 Å². The summed E-state index contributed by atoms with van der Waals surface area (Å²) in [7, 11) is 0. The van der Waals surface area contributed by atoms with Crippen molar-refractivity contribution in [3.8, 4) is 11.3 Å². The molecule has 0 aliphatic rings. The molecule has 3 aromatic rings. The second kappa shape index (κ2) is 8.03. The lowest BCUT2D eigenvalue weighted by molar-refractivity contribution is 0.102. The lowest BCUT2D eigenvalue weighted by atomic mass is 9.86. The van der Waals surface area contributed by atoms with Crippen LogP contribution in [-0.4, -0.2) is 10.9 Å². The standard InChI is InChI=1S/C19H21N3O2S.ClH/c1-19(2,3)14-6-4-12(5-7-14)16-11-25-18(21-16)22-17(23)13-8-15(9-20)24-10-13;/h4-8,10-11H,9,20H2,1-3H3,(H,21,22,23);1H. The first kappa shape index (κ1) is 20.2. The summed E-state index contributed by atoms with van der Waals surface area (Å²) in [6.45, 7) is 6.82. The Kier molecular flexibility index (Phi) is 6.23. The molecule has 0 bridgehead atoms. The van der Waals surface area contributed by atoms with Crippen LogP contribution >= 0.6 is 23.7 Å². The van der Waals surface area contributed by atoms with Gasteiger partial charge in [0.05, 0.1) is 17.8 Å². The van der Waals surface area contributed by atoms with E-state index in [1.807, 2.05) is 5.38 Å². The molecule has 3 rings (SSSR count). The first-order chi connectivity index (χ1) is 11.9. The molecule has 0 fully saturated rings. The minimum Gasteiger partial charge on any atom is -0.467 e. The molecule has 0 atom stereocenters. The number of nitrogens with zero attached hydrogens (tertiary/aromatic N) is 1. The maximum atomic E-state index is 12.2. The van der Waals surface area contributed by atoms with Gasteiger partial charge in [0, 0.05) is 10.9 Å². The maximum absolute atomic E-state index is 12.2. The maximum Gasteiger partial charge on any atom is 0.260 e. The number of anilines is 1. The molecule has 0 saturated carbocycles. The molecule has 1 amide bonds. The van der Waals surface area contributed by atoms with E-state index in [1.165, 1.54) is 23.2 Å². The van der Waals surface area contributed by atoms with E-state index >= 15 is 0 Å². The molecule has 5 nitrogen and oxygen atoms in total. The number of rotatable bonds is 4. The Labute approximate surface area is 163 Å². The van der Waals surface area contributed by atoms with Crippen LogP contribution in [0.2, 0.25) is 0 Å². The van der Waals surface area contributed by atoms with Gasteiger partial charge in [-0.25, -0.2) is 4.98 Å². The van der Waals surface area contributed by atoms with Crippen molar-refractivity contribution in [2.45, 2.75) is 32.7 Å². The highest BCUT2D eigenvalue weighted by Crippen LogP contribution is 2.28. The molecule has 0 spiro atoms. The fourth-order valence-corrected chi connectivity index (χ4v) is 3.10. The number of thiazole rings is 1. The zero-order valence-electron chi connectivity index (χ0n) is 14.9. The second-order valence-electron chi connectivity index (χ2n) is 6.83. The van der Waals surface area contributed by atoms with Crippen LogP contribution in [0, 0.1) is 0 Å². The van der Waals surface area contributed by atoms with E-state index in [1.54, 1.807) is 6.07 Å². The highest BCUT2D eigenvalue weighted by Gasteiger charge is 2.15. The number of halogens is 1. The molecule has 0 aliphatic heterocycles. The summed E-state index contributed by atoms with van der Waals surface area (Å²) in [5.41, 5.74) is 9.18. The smallest absolute Gasteiger partial charge is 0.260 e. The second-order valence-corrected chi connectivity index (χ2v) is 7.68. The molecular weight excluding hydrogens is 370 g/mol. The van der Waals surface area contributed by atoms with Crippen LogP contribution < -0.4 is 11.1 Å². The van der Waals surface area contributed by atoms with Crippen LogP contribution in [0.1, 0.15) is 42.5 Å². The fourth-order valence-electron chi connectivity index (χ4n) is 2.38. The molecule has 3 N–H and O–H groups in total. The van der Waals surface area contributed by atoms with Crippen LogP contribution in [0.3, 0.4) is 0 Å². The molecule has 7 heteroatoms. The average Bonchev–Trinajstić information content (AvgIpc) is 3.23. The first-order valence-electron chi connectivity index (χ1n) is 8.02. The highest BCUT2D eigenvalue weighted by atomic mass is 35.5. The van der Waals surface area contributed by atoms with Gasteiger partial charge in [0.2, 0.25) is 0 Å². The fraction of sp³-hybridized carbons (Fsp3) is 0.263. The van der Waals surface area contributed by atoms with Crippen molar-refractivity contribution in [3.05, 3.63) is 58.9 Å². The Morgan fingerprint density at radius 1 is 1.27 bits per heavy atom. The zero-order chi connectivity index (χ0) is 18.0. The summed E-state index contributed by atoms with van der Waals surface area (Å²) in [4.78, 5) is 16.7. The van der Waals surface area contributed by atoms with E-state index in [4.69, 9.17) is 10.2 Å². The number of benzene rings is 1. The largest absolute Gasteiger partial charge is 0.467 e.